The van der Waals surface area contributed by atoms with Crippen LogP contribution in [0.15, 0.2) is 29.2 Å². The molecule has 0 aliphatic heterocycles. The predicted octanol–water partition coefficient (Wildman–Crippen LogP) is 0.975. The van der Waals surface area contributed by atoms with Gasteiger partial charge in [-0.2, -0.15) is 0 Å². The molecule has 2 N–H and O–H groups in total. The van der Waals surface area contributed by atoms with Crippen LogP contribution in [0.25, 0.3) is 0 Å². The highest BCUT2D eigenvalue weighted by molar-refractivity contribution is 7.80. The van der Waals surface area contributed by atoms with E-state index >= 15 is 0 Å². The van der Waals surface area contributed by atoms with Gasteiger partial charge in [0, 0.05) is 4.90 Å². The summed E-state index contributed by atoms with van der Waals surface area (Å²) in [5.74, 6) is -1.11. The van der Waals surface area contributed by atoms with Crippen LogP contribution >= 0.6 is 24.2 Å². The summed E-state index contributed by atoms with van der Waals surface area (Å²) in [7, 11) is 0. The van der Waals surface area contributed by atoms with E-state index in [4.69, 9.17) is 11.6 Å². The van der Waals surface area contributed by atoms with Crippen molar-refractivity contribution < 1.29 is 9.59 Å². The molecule has 1 aromatic rings. The number of alkyl halides is 1. The highest BCUT2D eigenvalue weighted by Gasteiger charge is 2.08. The minimum atomic E-state index is -0.471. The molecular weight excluding hydrogens is 236 g/mol. The molecule has 0 bridgehead atoms. The van der Waals surface area contributed by atoms with Crippen LogP contribution in [0.3, 0.4) is 0 Å². The molecule has 1 aromatic carbocycles. The van der Waals surface area contributed by atoms with Crippen LogP contribution in [-0.4, -0.2) is 17.7 Å². The smallest absolute Gasteiger partial charge is 0.270 e. The Labute approximate surface area is 97.4 Å². The van der Waals surface area contributed by atoms with Gasteiger partial charge < -0.3 is 0 Å². The standard InChI is InChI=1S/C9H9ClN2O2S/c10-5-8(13)11-12-9(14)6-3-1-2-4-7(6)15/h1-4,15H,5H2,(H,11,13)(H,12,14). The third kappa shape index (κ3) is 3.45. The SMILES string of the molecule is O=C(CCl)NNC(=O)c1ccccc1S. The number of nitrogens with one attached hydrogen (secondary N) is 2. The number of carbonyl (C=O) groups is 2. The van der Waals surface area contributed by atoms with Gasteiger partial charge in [-0.1, -0.05) is 12.1 Å². The number of benzene rings is 1. The van der Waals surface area contributed by atoms with E-state index < -0.39 is 11.8 Å². The molecule has 2 amide bonds. The van der Waals surface area contributed by atoms with E-state index in [0.29, 0.717) is 10.5 Å². The van der Waals surface area contributed by atoms with Gasteiger partial charge >= 0.3 is 0 Å². The molecule has 80 valence electrons. The molecule has 0 heterocycles. The first-order valence-corrected chi connectivity index (χ1v) is 5.06. The topological polar surface area (TPSA) is 58.2 Å². The van der Waals surface area contributed by atoms with Gasteiger partial charge in [-0.05, 0) is 12.1 Å². The van der Waals surface area contributed by atoms with Gasteiger partial charge in [0.1, 0.15) is 5.88 Å². The number of hydrogen-bond acceptors (Lipinski definition) is 3. The molecule has 4 nitrogen and oxygen atoms in total. The Kier molecular flexibility index (Phi) is 4.45. The second kappa shape index (κ2) is 5.63. The Bertz CT molecular complexity index is 384. The molecule has 0 aliphatic carbocycles. The minimum Gasteiger partial charge on any atom is -0.272 e. The van der Waals surface area contributed by atoms with E-state index in [9.17, 15) is 9.59 Å². The van der Waals surface area contributed by atoms with Gasteiger partial charge in [-0.25, -0.2) is 0 Å². The first-order valence-electron chi connectivity index (χ1n) is 4.08. The van der Waals surface area contributed by atoms with E-state index in [1.165, 1.54) is 0 Å². The van der Waals surface area contributed by atoms with Crippen LogP contribution in [0.1, 0.15) is 10.4 Å². The van der Waals surface area contributed by atoms with E-state index in [-0.39, 0.29) is 5.88 Å². The summed E-state index contributed by atoms with van der Waals surface area (Å²) >= 11 is 9.34. The van der Waals surface area contributed by atoms with Crippen molar-refractivity contribution in [2.75, 3.05) is 5.88 Å². The molecule has 0 spiro atoms. The first kappa shape index (κ1) is 11.9. The Hall–Kier alpha value is -1.20. The van der Waals surface area contributed by atoms with Crippen LogP contribution in [-0.2, 0) is 4.79 Å². The number of carbonyl (C=O) groups excluding carboxylic acids is 2. The van der Waals surface area contributed by atoms with Crippen molar-refractivity contribution in [1.29, 1.82) is 0 Å². The zero-order chi connectivity index (χ0) is 11.3. The Morgan fingerprint density at radius 1 is 1.27 bits per heavy atom. The van der Waals surface area contributed by atoms with Gasteiger partial charge in [0.15, 0.2) is 0 Å². The summed E-state index contributed by atoms with van der Waals surface area (Å²) in [6, 6.07) is 6.75. The van der Waals surface area contributed by atoms with Crippen molar-refractivity contribution in [2.45, 2.75) is 4.90 Å². The van der Waals surface area contributed by atoms with Gasteiger partial charge in [0.05, 0.1) is 5.56 Å². The lowest BCUT2D eigenvalue weighted by Crippen LogP contribution is -2.42. The number of amides is 2. The average Bonchev–Trinajstić information content (AvgIpc) is 2.26. The highest BCUT2D eigenvalue weighted by Crippen LogP contribution is 2.11. The number of halogens is 1. The predicted molar refractivity (Wildman–Crippen MR) is 60.0 cm³/mol. The lowest BCUT2D eigenvalue weighted by atomic mass is 10.2. The lowest BCUT2D eigenvalue weighted by molar-refractivity contribution is -0.119. The van der Waals surface area contributed by atoms with Gasteiger partial charge in [-0.3, -0.25) is 20.4 Å². The third-order valence-electron chi connectivity index (χ3n) is 1.59. The Balaban J connectivity index is 2.62. The minimum absolute atomic E-state index is 0.206. The van der Waals surface area contributed by atoms with Crippen LogP contribution in [0.4, 0.5) is 0 Å². The maximum atomic E-state index is 11.5. The van der Waals surface area contributed by atoms with Gasteiger partial charge in [0.25, 0.3) is 11.8 Å². The maximum absolute atomic E-state index is 11.5. The van der Waals surface area contributed by atoms with E-state index in [1.807, 2.05) is 0 Å². The van der Waals surface area contributed by atoms with Crippen LogP contribution in [0.2, 0.25) is 0 Å². The Morgan fingerprint density at radius 3 is 2.53 bits per heavy atom. The fraction of sp³-hybridized carbons (Fsp3) is 0.111. The van der Waals surface area contributed by atoms with E-state index in [1.54, 1.807) is 24.3 Å². The summed E-state index contributed by atoms with van der Waals surface area (Å²) in [4.78, 5) is 22.8. The molecule has 0 aromatic heterocycles. The normalized spacial score (nSPS) is 9.47. The summed E-state index contributed by atoms with van der Waals surface area (Å²) < 4.78 is 0. The van der Waals surface area contributed by atoms with Crippen molar-refractivity contribution in [3.8, 4) is 0 Å². The van der Waals surface area contributed by atoms with Crippen LogP contribution in [0.5, 0.6) is 0 Å². The molecule has 15 heavy (non-hydrogen) atoms. The fourth-order valence-electron chi connectivity index (χ4n) is 0.893. The molecule has 0 saturated carbocycles. The van der Waals surface area contributed by atoms with Crippen LogP contribution in [0, 0.1) is 0 Å². The van der Waals surface area contributed by atoms with Crippen molar-refractivity contribution in [3.63, 3.8) is 0 Å². The molecule has 0 aliphatic rings. The van der Waals surface area contributed by atoms with Crippen molar-refractivity contribution in [3.05, 3.63) is 29.8 Å². The summed E-state index contributed by atoms with van der Waals surface area (Å²) in [5.41, 5.74) is 4.76. The first-order chi connectivity index (χ1) is 7.15. The number of rotatable bonds is 2. The highest BCUT2D eigenvalue weighted by atomic mass is 35.5. The number of hydrogen-bond donors (Lipinski definition) is 3. The monoisotopic (exact) mass is 244 g/mol. The molecule has 6 heteroatoms. The summed E-state index contributed by atoms with van der Waals surface area (Å²) in [6.45, 7) is 0. The molecular formula is C9H9ClN2O2S. The maximum Gasteiger partial charge on any atom is 0.270 e. The van der Waals surface area contributed by atoms with Crippen molar-refractivity contribution in [2.24, 2.45) is 0 Å². The molecule has 0 saturated heterocycles. The average molecular weight is 245 g/mol. The fourth-order valence-corrected chi connectivity index (χ4v) is 1.22. The molecule has 1 rings (SSSR count). The second-order valence-corrected chi connectivity index (χ2v) is 3.40. The second-order valence-electron chi connectivity index (χ2n) is 2.65. The number of hydrazine groups is 1. The summed E-state index contributed by atoms with van der Waals surface area (Å²) in [5, 5.41) is 0. The quantitative estimate of drug-likeness (QED) is 0.413. The molecule has 0 unspecified atom stereocenters. The van der Waals surface area contributed by atoms with Crippen LogP contribution < -0.4 is 10.9 Å². The molecule has 0 atom stereocenters. The summed E-state index contributed by atoms with van der Waals surface area (Å²) in [6.07, 6.45) is 0. The Morgan fingerprint density at radius 2 is 1.93 bits per heavy atom. The van der Waals surface area contributed by atoms with E-state index in [0.717, 1.165) is 0 Å². The largest absolute Gasteiger partial charge is 0.272 e. The zero-order valence-electron chi connectivity index (χ0n) is 7.66. The lowest BCUT2D eigenvalue weighted by Gasteiger charge is -2.06. The third-order valence-corrected chi connectivity index (χ3v) is 2.22. The zero-order valence-corrected chi connectivity index (χ0v) is 9.31. The van der Waals surface area contributed by atoms with Crippen molar-refractivity contribution in [1.82, 2.24) is 10.9 Å². The van der Waals surface area contributed by atoms with Gasteiger partial charge in [-0.15, -0.1) is 24.2 Å². The molecule has 0 fully saturated rings. The van der Waals surface area contributed by atoms with Crippen molar-refractivity contribution >= 4 is 36.0 Å². The van der Waals surface area contributed by atoms with Gasteiger partial charge in [0.2, 0.25) is 0 Å². The number of thiol groups is 1. The van der Waals surface area contributed by atoms with E-state index in [2.05, 4.69) is 23.5 Å². The molecule has 0 radical (unpaired) electrons.